The van der Waals surface area contributed by atoms with Crippen molar-refractivity contribution in [2.24, 2.45) is 22.2 Å². The predicted octanol–water partition coefficient (Wildman–Crippen LogP) is 3.55. The standard InChI is InChI=1S/C15H24O2/c1-13-4-11-5-14(2,8-13)10-15(6-11,9-13)7-12(16)17-3/h11H,4-10H2,1-3H3. The normalized spacial score (nSPS) is 51.6. The molecule has 0 spiro atoms. The number of carbonyl (C=O) groups is 1. The van der Waals surface area contributed by atoms with Gasteiger partial charge >= 0.3 is 5.97 Å². The number of rotatable bonds is 2. The zero-order valence-electron chi connectivity index (χ0n) is 11.3. The monoisotopic (exact) mass is 236 g/mol. The molecule has 4 aliphatic carbocycles. The molecule has 2 unspecified atom stereocenters. The molecule has 0 aromatic heterocycles. The molecule has 4 rings (SSSR count). The van der Waals surface area contributed by atoms with Crippen molar-refractivity contribution in [3.05, 3.63) is 0 Å². The zero-order chi connectivity index (χ0) is 12.3. The van der Waals surface area contributed by atoms with Gasteiger partial charge in [0.2, 0.25) is 0 Å². The largest absolute Gasteiger partial charge is 0.469 e. The van der Waals surface area contributed by atoms with E-state index in [1.807, 2.05) is 0 Å². The molecule has 17 heavy (non-hydrogen) atoms. The van der Waals surface area contributed by atoms with Gasteiger partial charge in [0.1, 0.15) is 0 Å². The van der Waals surface area contributed by atoms with E-state index < -0.39 is 0 Å². The second kappa shape index (κ2) is 3.27. The fourth-order valence-electron chi connectivity index (χ4n) is 6.26. The zero-order valence-corrected chi connectivity index (χ0v) is 11.3. The number of hydrogen-bond donors (Lipinski definition) is 0. The number of ether oxygens (including phenoxy) is 1. The van der Waals surface area contributed by atoms with Crippen LogP contribution in [0, 0.1) is 22.2 Å². The Morgan fingerprint density at radius 1 is 1.12 bits per heavy atom. The van der Waals surface area contributed by atoms with E-state index in [9.17, 15) is 4.79 Å². The van der Waals surface area contributed by atoms with Crippen LogP contribution in [0.2, 0.25) is 0 Å². The highest BCUT2D eigenvalue weighted by Gasteiger charge is 2.60. The molecule has 0 radical (unpaired) electrons. The highest BCUT2D eigenvalue weighted by atomic mass is 16.5. The van der Waals surface area contributed by atoms with Gasteiger partial charge in [0.05, 0.1) is 13.5 Å². The molecule has 4 saturated carbocycles. The summed E-state index contributed by atoms with van der Waals surface area (Å²) in [7, 11) is 1.52. The molecule has 0 aromatic rings. The minimum atomic E-state index is -0.000787. The van der Waals surface area contributed by atoms with Gasteiger partial charge in [-0.05, 0) is 60.7 Å². The van der Waals surface area contributed by atoms with E-state index in [1.165, 1.54) is 45.6 Å². The molecule has 96 valence electrons. The Labute approximate surface area is 104 Å². The van der Waals surface area contributed by atoms with Gasteiger partial charge in [-0.25, -0.2) is 0 Å². The van der Waals surface area contributed by atoms with Gasteiger partial charge in [0.25, 0.3) is 0 Å². The maximum absolute atomic E-state index is 11.7. The molecule has 4 bridgehead atoms. The molecule has 0 amide bonds. The SMILES string of the molecule is COC(=O)CC12CC3CC(C)(CC(C)(C3)C1)C2. The van der Waals surface area contributed by atoms with Crippen LogP contribution in [0.3, 0.4) is 0 Å². The first-order valence-electron chi connectivity index (χ1n) is 6.93. The van der Waals surface area contributed by atoms with Crippen molar-refractivity contribution >= 4 is 5.97 Å². The fraction of sp³-hybridized carbons (Fsp3) is 0.933. The molecule has 2 nitrogen and oxygen atoms in total. The van der Waals surface area contributed by atoms with Gasteiger partial charge in [0.15, 0.2) is 0 Å². The summed E-state index contributed by atoms with van der Waals surface area (Å²) in [5, 5.41) is 0. The second-order valence-corrected chi connectivity index (χ2v) is 7.88. The Balaban J connectivity index is 1.89. The first kappa shape index (κ1) is 11.6. The lowest BCUT2D eigenvalue weighted by molar-refractivity contribution is -0.166. The van der Waals surface area contributed by atoms with E-state index in [4.69, 9.17) is 4.74 Å². The lowest BCUT2D eigenvalue weighted by Gasteiger charge is -2.65. The van der Waals surface area contributed by atoms with Gasteiger partial charge in [-0.15, -0.1) is 0 Å². The van der Waals surface area contributed by atoms with Crippen LogP contribution in [0.4, 0.5) is 0 Å². The summed E-state index contributed by atoms with van der Waals surface area (Å²) in [6.45, 7) is 4.89. The van der Waals surface area contributed by atoms with Crippen molar-refractivity contribution in [1.29, 1.82) is 0 Å². The van der Waals surface area contributed by atoms with E-state index in [0.717, 1.165) is 5.92 Å². The number of carbonyl (C=O) groups excluding carboxylic acids is 1. The quantitative estimate of drug-likeness (QED) is 0.685. The molecule has 0 N–H and O–H groups in total. The van der Waals surface area contributed by atoms with Gasteiger partial charge in [-0.3, -0.25) is 4.79 Å². The van der Waals surface area contributed by atoms with E-state index in [1.54, 1.807) is 0 Å². The van der Waals surface area contributed by atoms with E-state index >= 15 is 0 Å². The summed E-state index contributed by atoms with van der Waals surface area (Å²) in [4.78, 5) is 11.7. The van der Waals surface area contributed by atoms with Crippen LogP contribution in [-0.2, 0) is 9.53 Å². The average Bonchev–Trinajstić information content (AvgIpc) is 2.10. The van der Waals surface area contributed by atoms with Crippen LogP contribution in [0.15, 0.2) is 0 Å². The third-order valence-electron chi connectivity index (χ3n) is 5.49. The number of methoxy groups -OCH3 is 1. The summed E-state index contributed by atoms with van der Waals surface area (Å²) < 4.78 is 4.92. The van der Waals surface area contributed by atoms with E-state index in [-0.39, 0.29) is 11.4 Å². The van der Waals surface area contributed by atoms with Crippen molar-refractivity contribution in [3.8, 4) is 0 Å². The minimum absolute atomic E-state index is 0.000787. The summed E-state index contributed by atoms with van der Waals surface area (Å²) >= 11 is 0. The van der Waals surface area contributed by atoms with E-state index in [2.05, 4.69) is 13.8 Å². The van der Waals surface area contributed by atoms with Crippen LogP contribution < -0.4 is 0 Å². The smallest absolute Gasteiger partial charge is 0.306 e. The predicted molar refractivity (Wildman–Crippen MR) is 66.5 cm³/mol. The van der Waals surface area contributed by atoms with Crippen molar-refractivity contribution in [2.75, 3.05) is 7.11 Å². The van der Waals surface area contributed by atoms with Crippen molar-refractivity contribution in [2.45, 2.75) is 58.8 Å². The summed E-state index contributed by atoms with van der Waals surface area (Å²) in [5.41, 5.74) is 1.28. The van der Waals surface area contributed by atoms with Gasteiger partial charge < -0.3 is 4.74 Å². The summed E-state index contributed by atoms with van der Waals surface area (Å²) in [5.74, 6) is 0.866. The third-order valence-corrected chi connectivity index (χ3v) is 5.49. The van der Waals surface area contributed by atoms with Crippen LogP contribution >= 0.6 is 0 Å². The first-order chi connectivity index (χ1) is 7.86. The highest BCUT2D eigenvalue weighted by Crippen LogP contribution is 2.70. The lowest BCUT2D eigenvalue weighted by Crippen LogP contribution is -2.55. The third kappa shape index (κ3) is 1.80. The van der Waals surface area contributed by atoms with Gasteiger partial charge in [-0.2, -0.15) is 0 Å². The summed E-state index contributed by atoms with van der Waals surface area (Å²) in [6.07, 6.45) is 8.59. The lowest BCUT2D eigenvalue weighted by atomic mass is 9.40. The molecular weight excluding hydrogens is 212 g/mol. The number of esters is 1. The second-order valence-electron chi connectivity index (χ2n) is 7.88. The van der Waals surface area contributed by atoms with Crippen molar-refractivity contribution < 1.29 is 9.53 Å². The van der Waals surface area contributed by atoms with Gasteiger partial charge in [0, 0.05) is 0 Å². The van der Waals surface area contributed by atoms with Crippen LogP contribution in [0.1, 0.15) is 58.8 Å². The first-order valence-corrected chi connectivity index (χ1v) is 6.93. The van der Waals surface area contributed by atoms with Crippen LogP contribution in [-0.4, -0.2) is 13.1 Å². The molecule has 4 aliphatic rings. The Morgan fingerprint density at radius 2 is 1.71 bits per heavy atom. The molecule has 0 heterocycles. The minimum Gasteiger partial charge on any atom is -0.469 e. The van der Waals surface area contributed by atoms with Crippen molar-refractivity contribution in [1.82, 2.24) is 0 Å². The molecule has 2 heteroatoms. The Morgan fingerprint density at radius 3 is 2.18 bits per heavy atom. The maximum atomic E-state index is 11.7. The highest BCUT2D eigenvalue weighted by molar-refractivity contribution is 5.70. The molecule has 0 aromatic carbocycles. The Kier molecular flexibility index (Phi) is 2.22. The molecule has 4 fully saturated rings. The van der Waals surface area contributed by atoms with Crippen LogP contribution in [0.25, 0.3) is 0 Å². The molecule has 0 aliphatic heterocycles. The van der Waals surface area contributed by atoms with Gasteiger partial charge in [-0.1, -0.05) is 13.8 Å². The average molecular weight is 236 g/mol. The van der Waals surface area contributed by atoms with E-state index in [0.29, 0.717) is 17.3 Å². The topological polar surface area (TPSA) is 26.3 Å². The Hall–Kier alpha value is -0.530. The summed E-state index contributed by atoms with van der Waals surface area (Å²) in [6, 6.07) is 0. The number of hydrogen-bond acceptors (Lipinski definition) is 2. The fourth-order valence-corrected chi connectivity index (χ4v) is 6.26. The van der Waals surface area contributed by atoms with Crippen LogP contribution in [0.5, 0.6) is 0 Å². The molecular formula is C15H24O2. The molecule has 0 saturated heterocycles. The maximum Gasteiger partial charge on any atom is 0.306 e. The molecule has 2 atom stereocenters. The Bertz CT molecular complexity index is 342. The van der Waals surface area contributed by atoms with Crippen molar-refractivity contribution in [3.63, 3.8) is 0 Å².